The molecule has 19 heavy (non-hydrogen) atoms. The molecule has 0 amide bonds. The Labute approximate surface area is 113 Å². The van der Waals surface area contributed by atoms with E-state index in [0.29, 0.717) is 17.3 Å². The highest BCUT2D eigenvalue weighted by atomic mass is 16.4. The van der Waals surface area contributed by atoms with Gasteiger partial charge in [-0.1, -0.05) is 0 Å². The highest BCUT2D eigenvalue weighted by Crippen LogP contribution is 2.26. The molecule has 0 radical (unpaired) electrons. The first-order valence-electron chi connectivity index (χ1n) is 6.57. The fourth-order valence-corrected chi connectivity index (χ4v) is 2.59. The normalized spacial score (nSPS) is 20.6. The van der Waals surface area contributed by atoms with E-state index in [2.05, 4.69) is 28.8 Å². The minimum absolute atomic E-state index is 0.336. The van der Waals surface area contributed by atoms with Gasteiger partial charge in [-0.25, -0.2) is 4.79 Å². The number of carbonyl (C=O) groups is 1. The van der Waals surface area contributed by atoms with E-state index < -0.39 is 5.97 Å². The van der Waals surface area contributed by atoms with E-state index in [-0.39, 0.29) is 0 Å². The second-order valence-electron chi connectivity index (χ2n) is 5.32. The van der Waals surface area contributed by atoms with Gasteiger partial charge >= 0.3 is 5.97 Å². The summed E-state index contributed by atoms with van der Waals surface area (Å²) in [6.45, 7) is 8.47. The van der Waals surface area contributed by atoms with E-state index in [1.165, 1.54) is 0 Å². The van der Waals surface area contributed by atoms with Gasteiger partial charge in [-0.3, -0.25) is 4.98 Å². The van der Waals surface area contributed by atoms with Crippen molar-refractivity contribution in [3.8, 4) is 0 Å². The predicted molar refractivity (Wildman–Crippen MR) is 75.0 cm³/mol. The van der Waals surface area contributed by atoms with Crippen molar-refractivity contribution in [1.82, 2.24) is 9.88 Å². The van der Waals surface area contributed by atoms with Crippen molar-refractivity contribution in [2.75, 3.05) is 31.6 Å². The largest absolute Gasteiger partial charge is 0.478 e. The van der Waals surface area contributed by atoms with E-state index in [1.807, 2.05) is 13.0 Å². The Kier molecular flexibility index (Phi) is 3.75. The second kappa shape index (κ2) is 5.17. The van der Waals surface area contributed by atoms with Crippen LogP contribution in [0.5, 0.6) is 0 Å². The molecule has 2 rings (SSSR count). The molecule has 0 aliphatic carbocycles. The topological polar surface area (TPSA) is 56.7 Å². The Morgan fingerprint density at radius 1 is 1.42 bits per heavy atom. The van der Waals surface area contributed by atoms with Gasteiger partial charge in [0.25, 0.3) is 0 Å². The maximum Gasteiger partial charge on any atom is 0.339 e. The summed E-state index contributed by atoms with van der Waals surface area (Å²) in [6, 6.07) is 2.30. The lowest BCUT2D eigenvalue weighted by atomic mass is 10.1. The third-order valence-electron chi connectivity index (χ3n) is 3.82. The summed E-state index contributed by atoms with van der Waals surface area (Å²) in [4.78, 5) is 20.2. The van der Waals surface area contributed by atoms with Gasteiger partial charge in [-0.05, 0) is 33.9 Å². The number of nitrogens with zero attached hydrogens (tertiary/aromatic N) is 3. The average Bonchev–Trinajstić information content (AvgIpc) is 2.31. The summed E-state index contributed by atoms with van der Waals surface area (Å²) >= 11 is 0. The molecule has 1 aliphatic rings. The third kappa shape index (κ3) is 2.71. The molecule has 0 spiro atoms. The number of piperazine rings is 1. The summed E-state index contributed by atoms with van der Waals surface area (Å²) in [6.07, 6.45) is 0. The first-order valence-corrected chi connectivity index (χ1v) is 6.57. The van der Waals surface area contributed by atoms with Crippen LogP contribution < -0.4 is 4.90 Å². The average molecular weight is 263 g/mol. The molecule has 2 heterocycles. The van der Waals surface area contributed by atoms with Gasteiger partial charge in [0.15, 0.2) is 0 Å². The summed E-state index contributed by atoms with van der Waals surface area (Å²) < 4.78 is 0. The van der Waals surface area contributed by atoms with Gasteiger partial charge in [-0.15, -0.1) is 0 Å². The van der Waals surface area contributed by atoms with Gasteiger partial charge in [0, 0.05) is 31.4 Å². The zero-order valence-corrected chi connectivity index (χ0v) is 12.0. The van der Waals surface area contributed by atoms with Crippen LogP contribution in [0.4, 0.5) is 5.69 Å². The SMILES string of the molecule is Cc1cc(N2CCN(C)C(C)C2)c(C(=O)O)c(C)n1. The van der Waals surface area contributed by atoms with Crippen LogP contribution in [0.3, 0.4) is 0 Å². The summed E-state index contributed by atoms with van der Waals surface area (Å²) in [5, 5.41) is 9.41. The van der Waals surface area contributed by atoms with Crippen LogP contribution in [0.25, 0.3) is 0 Å². The Bertz CT molecular complexity index is 502. The van der Waals surface area contributed by atoms with Gasteiger partial charge in [0.2, 0.25) is 0 Å². The summed E-state index contributed by atoms with van der Waals surface area (Å²) in [7, 11) is 2.10. The van der Waals surface area contributed by atoms with Crippen LogP contribution in [0.1, 0.15) is 28.7 Å². The van der Waals surface area contributed by atoms with Gasteiger partial charge in [-0.2, -0.15) is 0 Å². The van der Waals surface area contributed by atoms with E-state index in [1.54, 1.807) is 6.92 Å². The second-order valence-corrected chi connectivity index (χ2v) is 5.32. The molecule has 1 aromatic rings. The molecule has 104 valence electrons. The number of anilines is 1. The highest BCUT2D eigenvalue weighted by molar-refractivity contribution is 5.95. The number of aromatic carboxylic acids is 1. The smallest absolute Gasteiger partial charge is 0.339 e. The zero-order chi connectivity index (χ0) is 14.2. The molecule has 0 bridgehead atoms. The quantitative estimate of drug-likeness (QED) is 0.877. The molecule has 1 unspecified atom stereocenters. The number of aryl methyl sites for hydroxylation is 2. The van der Waals surface area contributed by atoms with Crippen molar-refractivity contribution in [1.29, 1.82) is 0 Å². The van der Waals surface area contributed by atoms with Crippen molar-refractivity contribution in [3.63, 3.8) is 0 Å². The van der Waals surface area contributed by atoms with Crippen molar-refractivity contribution >= 4 is 11.7 Å². The van der Waals surface area contributed by atoms with Crippen LogP contribution in [0, 0.1) is 13.8 Å². The lowest BCUT2D eigenvalue weighted by molar-refractivity contribution is 0.0696. The lowest BCUT2D eigenvalue weighted by Gasteiger charge is -2.39. The molecule has 0 saturated carbocycles. The van der Waals surface area contributed by atoms with Crippen molar-refractivity contribution < 1.29 is 9.90 Å². The number of carboxylic acid groups (broad SMARTS) is 1. The van der Waals surface area contributed by atoms with Crippen LogP contribution in [-0.2, 0) is 0 Å². The molecule has 1 N–H and O–H groups in total. The van der Waals surface area contributed by atoms with Gasteiger partial charge in [0.1, 0.15) is 5.56 Å². The molecular weight excluding hydrogens is 242 g/mol. The van der Waals surface area contributed by atoms with Crippen LogP contribution in [-0.4, -0.2) is 53.7 Å². The Balaban J connectivity index is 2.41. The molecule has 1 aromatic heterocycles. The van der Waals surface area contributed by atoms with E-state index in [4.69, 9.17) is 0 Å². The molecule has 1 fully saturated rings. The molecule has 1 saturated heterocycles. The first-order chi connectivity index (χ1) is 8.90. The first kappa shape index (κ1) is 13.8. The molecule has 5 heteroatoms. The maximum absolute atomic E-state index is 11.5. The molecule has 1 atom stereocenters. The van der Waals surface area contributed by atoms with Gasteiger partial charge in [0.05, 0.1) is 11.4 Å². The highest BCUT2D eigenvalue weighted by Gasteiger charge is 2.25. The molecule has 5 nitrogen and oxygen atoms in total. The number of hydrogen-bond acceptors (Lipinski definition) is 4. The molecule has 1 aliphatic heterocycles. The summed E-state index contributed by atoms with van der Waals surface area (Å²) in [5.41, 5.74) is 2.60. The standard InChI is InChI=1S/C14H21N3O2/c1-9-7-12(13(14(18)19)11(3)15-9)17-6-5-16(4)10(2)8-17/h7,10H,5-6,8H2,1-4H3,(H,18,19). The monoisotopic (exact) mass is 263 g/mol. The third-order valence-corrected chi connectivity index (χ3v) is 3.82. The van der Waals surface area contributed by atoms with E-state index in [9.17, 15) is 9.90 Å². The van der Waals surface area contributed by atoms with Crippen molar-refractivity contribution in [2.24, 2.45) is 0 Å². The van der Waals surface area contributed by atoms with Crippen LogP contribution in [0.15, 0.2) is 6.07 Å². The fourth-order valence-electron chi connectivity index (χ4n) is 2.59. The van der Waals surface area contributed by atoms with Crippen LogP contribution >= 0.6 is 0 Å². The zero-order valence-electron chi connectivity index (χ0n) is 12.0. The number of carboxylic acids is 1. The maximum atomic E-state index is 11.5. The number of likely N-dealkylation sites (N-methyl/N-ethyl adjacent to an activating group) is 1. The lowest BCUT2D eigenvalue weighted by Crippen LogP contribution is -2.50. The van der Waals surface area contributed by atoms with Crippen molar-refractivity contribution in [3.05, 3.63) is 23.0 Å². The Morgan fingerprint density at radius 2 is 2.11 bits per heavy atom. The Morgan fingerprint density at radius 3 is 2.68 bits per heavy atom. The summed E-state index contributed by atoms with van der Waals surface area (Å²) in [5.74, 6) is -0.897. The molecule has 0 aromatic carbocycles. The predicted octanol–water partition coefficient (Wildman–Crippen LogP) is 1.54. The van der Waals surface area contributed by atoms with Gasteiger partial charge < -0.3 is 14.9 Å². The number of aromatic nitrogens is 1. The minimum atomic E-state index is -0.897. The number of rotatable bonds is 2. The molecular formula is C14H21N3O2. The van der Waals surface area contributed by atoms with Crippen LogP contribution in [0.2, 0.25) is 0 Å². The Hall–Kier alpha value is -1.62. The van der Waals surface area contributed by atoms with E-state index in [0.717, 1.165) is 31.0 Å². The van der Waals surface area contributed by atoms with E-state index >= 15 is 0 Å². The number of hydrogen-bond donors (Lipinski definition) is 1. The number of pyridine rings is 1. The minimum Gasteiger partial charge on any atom is -0.478 e. The van der Waals surface area contributed by atoms with Crippen molar-refractivity contribution in [2.45, 2.75) is 26.8 Å². The fraction of sp³-hybridized carbons (Fsp3) is 0.571.